The molecule has 0 aromatic heterocycles. The number of hydrogen-bond acceptors (Lipinski definition) is 3. The number of likely N-dealkylation sites (tertiary alicyclic amines) is 1. The highest BCUT2D eigenvalue weighted by Crippen LogP contribution is 2.09. The van der Waals surface area contributed by atoms with Crippen molar-refractivity contribution in [3.8, 4) is 0 Å². The molecule has 17 heavy (non-hydrogen) atoms. The molecule has 1 aliphatic rings. The van der Waals surface area contributed by atoms with Crippen molar-refractivity contribution in [1.82, 2.24) is 15.5 Å². The highest BCUT2D eigenvalue weighted by molar-refractivity contribution is 5.88. The van der Waals surface area contributed by atoms with E-state index in [1.807, 2.05) is 4.90 Å². The minimum absolute atomic E-state index is 0. The van der Waals surface area contributed by atoms with Crippen LogP contribution in [0.3, 0.4) is 0 Å². The van der Waals surface area contributed by atoms with E-state index >= 15 is 0 Å². The first kappa shape index (κ1) is 16.2. The molecule has 2 N–H and O–H groups in total. The molecule has 0 aliphatic carbocycles. The fourth-order valence-corrected chi connectivity index (χ4v) is 1.90. The summed E-state index contributed by atoms with van der Waals surface area (Å²) in [7, 11) is 1.71. The molecular weight excluding hydrogens is 242 g/mol. The van der Waals surface area contributed by atoms with Crippen molar-refractivity contribution in [2.24, 2.45) is 0 Å². The van der Waals surface area contributed by atoms with Crippen LogP contribution in [0.4, 0.5) is 0 Å². The van der Waals surface area contributed by atoms with Crippen molar-refractivity contribution in [1.29, 1.82) is 0 Å². The molecule has 1 saturated heterocycles. The smallest absolute Gasteiger partial charge is 0.244 e. The van der Waals surface area contributed by atoms with Crippen molar-refractivity contribution in [2.45, 2.75) is 32.2 Å². The summed E-state index contributed by atoms with van der Waals surface area (Å²) in [5.74, 6) is -0.107. The third kappa shape index (κ3) is 5.37. The van der Waals surface area contributed by atoms with Gasteiger partial charge >= 0.3 is 0 Å². The van der Waals surface area contributed by atoms with Crippen molar-refractivity contribution in [3.63, 3.8) is 0 Å². The SMILES string of the molecule is CNCC(=O)NC(C)C(=O)N1CCCCC1.Cl. The van der Waals surface area contributed by atoms with Crippen molar-refractivity contribution < 1.29 is 9.59 Å². The van der Waals surface area contributed by atoms with Crippen LogP contribution in [-0.4, -0.2) is 49.4 Å². The summed E-state index contributed by atoms with van der Waals surface area (Å²) in [4.78, 5) is 25.1. The zero-order chi connectivity index (χ0) is 12.0. The molecule has 1 heterocycles. The quantitative estimate of drug-likeness (QED) is 0.759. The largest absolute Gasteiger partial charge is 0.343 e. The van der Waals surface area contributed by atoms with Crippen LogP contribution in [0.25, 0.3) is 0 Å². The molecule has 1 aliphatic heterocycles. The number of amides is 2. The molecule has 0 aromatic rings. The minimum Gasteiger partial charge on any atom is -0.343 e. The van der Waals surface area contributed by atoms with Crippen LogP contribution in [0.5, 0.6) is 0 Å². The number of carbonyl (C=O) groups excluding carboxylic acids is 2. The molecule has 0 aromatic carbocycles. The van der Waals surface area contributed by atoms with Crippen LogP contribution in [0.2, 0.25) is 0 Å². The maximum atomic E-state index is 11.9. The third-order valence-electron chi connectivity index (χ3n) is 2.75. The van der Waals surface area contributed by atoms with Gasteiger partial charge in [-0.05, 0) is 33.2 Å². The molecular formula is C11H22ClN3O2. The number of nitrogens with zero attached hydrogens (tertiary/aromatic N) is 1. The Kier molecular flexibility index (Phi) is 7.91. The summed E-state index contributed by atoms with van der Waals surface area (Å²) in [5.41, 5.74) is 0. The lowest BCUT2D eigenvalue weighted by atomic mass is 10.1. The summed E-state index contributed by atoms with van der Waals surface area (Å²) in [6, 6.07) is -0.418. The number of rotatable bonds is 4. The van der Waals surface area contributed by atoms with Crippen molar-refractivity contribution in [2.75, 3.05) is 26.7 Å². The van der Waals surface area contributed by atoms with E-state index in [-0.39, 0.29) is 30.8 Å². The summed E-state index contributed by atoms with van der Waals surface area (Å²) < 4.78 is 0. The molecule has 1 unspecified atom stereocenters. The average molecular weight is 264 g/mol. The molecule has 100 valence electrons. The highest BCUT2D eigenvalue weighted by atomic mass is 35.5. The van der Waals surface area contributed by atoms with E-state index in [2.05, 4.69) is 10.6 Å². The van der Waals surface area contributed by atoms with E-state index in [1.54, 1.807) is 14.0 Å². The summed E-state index contributed by atoms with van der Waals surface area (Å²) in [6.07, 6.45) is 3.34. The summed E-state index contributed by atoms with van der Waals surface area (Å²) >= 11 is 0. The molecule has 1 atom stereocenters. The Balaban J connectivity index is 0.00000256. The molecule has 0 saturated carbocycles. The maximum Gasteiger partial charge on any atom is 0.244 e. The number of carbonyl (C=O) groups is 2. The van der Waals surface area contributed by atoms with Gasteiger partial charge in [-0.25, -0.2) is 0 Å². The Morgan fingerprint density at radius 1 is 1.24 bits per heavy atom. The van der Waals surface area contributed by atoms with Crippen molar-refractivity contribution >= 4 is 24.2 Å². The third-order valence-corrected chi connectivity index (χ3v) is 2.75. The van der Waals surface area contributed by atoms with E-state index < -0.39 is 6.04 Å². The Bertz CT molecular complexity index is 255. The lowest BCUT2D eigenvalue weighted by Crippen LogP contribution is -2.49. The maximum absolute atomic E-state index is 11.9. The van der Waals surface area contributed by atoms with Gasteiger partial charge in [-0.1, -0.05) is 0 Å². The van der Waals surface area contributed by atoms with E-state index in [0.717, 1.165) is 25.9 Å². The normalized spacial score (nSPS) is 16.9. The summed E-state index contributed by atoms with van der Waals surface area (Å²) in [6.45, 7) is 3.64. The average Bonchev–Trinajstić information content (AvgIpc) is 2.29. The predicted molar refractivity (Wildman–Crippen MR) is 69.2 cm³/mol. The second kappa shape index (κ2) is 8.31. The van der Waals surface area contributed by atoms with Crippen LogP contribution in [0.1, 0.15) is 26.2 Å². The number of hydrogen-bond donors (Lipinski definition) is 2. The topological polar surface area (TPSA) is 61.4 Å². The first-order valence-electron chi connectivity index (χ1n) is 5.88. The monoisotopic (exact) mass is 263 g/mol. The Labute approximate surface area is 109 Å². The zero-order valence-electron chi connectivity index (χ0n) is 10.5. The Morgan fingerprint density at radius 3 is 2.35 bits per heavy atom. The lowest BCUT2D eigenvalue weighted by molar-refractivity contribution is -0.136. The molecule has 5 nitrogen and oxygen atoms in total. The molecule has 6 heteroatoms. The first-order valence-corrected chi connectivity index (χ1v) is 5.88. The van der Waals surface area contributed by atoms with E-state index in [4.69, 9.17) is 0 Å². The minimum atomic E-state index is -0.418. The molecule has 1 rings (SSSR count). The van der Waals surface area contributed by atoms with E-state index in [1.165, 1.54) is 6.42 Å². The van der Waals surface area contributed by atoms with Gasteiger partial charge in [0.15, 0.2) is 0 Å². The Hall–Kier alpha value is -0.810. The second-order valence-corrected chi connectivity index (χ2v) is 4.21. The second-order valence-electron chi connectivity index (χ2n) is 4.21. The van der Waals surface area contributed by atoms with Gasteiger partial charge in [0, 0.05) is 13.1 Å². The van der Waals surface area contributed by atoms with Crippen molar-refractivity contribution in [3.05, 3.63) is 0 Å². The number of likely N-dealkylation sites (N-methyl/N-ethyl adjacent to an activating group) is 1. The van der Waals surface area contributed by atoms with Gasteiger partial charge in [-0.15, -0.1) is 12.4 Å². The lowest BCUT2D eigenvalue weighted by Gasteiger charge is -2.29. The molecule has 1 fully saturated rings. The zero-order valence-corrected chi connectivity index (χ0v) is 11.3. The van der Waals surface area contributed by atoms with Crippen LogP contribution in [0, 0.1) is 0 Å². The number of piperidine rings is 1. The van der Waals surface area contributed by atoms with Gasteiger partial charge < -0.3 is 15.5 Å². The van der Waals surface area contributed by atoms with Crippen LogP contribution in [0.15, 0.2) is 0 Å². The molecule has 2 amide bonds. The molecule has 0 radical (unpaired) electrons. The van der Waals surface area contributed by atoms with Gasteiger partial charge in [0.2, 0.25) is 11.8 Å². The van der Waals surface area contributed by atoms with Gasteiger partial charge in [-0.3, -0.25) is 9.59 Å². The van der Waals surface area contributed by atoms with Crippen LogP contribution in [-0.2, 0) is 9.59 Å². The predicted octanol–water partition coefficient (Wildman–Crippen LogP) is 0.145. The van der Waals surface area contributed by atoms with E-state index in [9.17, 15) is 9.59 Å². The fraction of sp³-hybridized carbons (Fsp3) is 0.818. The number of halogens is 1. The van der Waals surface area contributed by atoms with Crippen LogP contribution < -0.4 is 10.6 Å². The first-order chi connectivity index (χ1) is 7.65. The number of nitrogens with one attached hydrogen (secondary N) is 2. The fourth-order valence-electron chi connectivity index (χ4n) is 1.90. The molecule has 0 spiro atoms. The Morgan fingerprint density at radius 2 is 1.82 bits per heavy atom. The highest BCUT2D eigenvalue weighted by Gasteiger charge is 2.22. The van der Waals surface area contributed by atoms with E-state index in [0.29, 0.717) is 0 Å². The molecule has 0 bridgehead atoms. The van der Waals surface area contributed by atoms with Gasteiger partial charge in [0.1, 0.15) is 6.04 Å². The van der Waals surface area contributed by atoms with Crippen LogP contribution >= 0.6 is 12.4 Å². The van der Waals surface area contributed by atoms with Gasteiger partial charge in [0.05, 0.1) is 6.54 Å². The van der Waals surface area contributed by atoms with Gasteiger partial charge in [0.25, 0.3) is 0 Å². The summed E-state index contributed by atoms with van der Waals surface area (Å²) in [5, 5.41) is 5.44. The standard InChI is InChI=1S/C11H21N3O2.ClH/c1-9(13-10(15)8-12-2)11(16)14-6-4-3-5-7-14;/h9,12H,3-8H2,1-2H3,(H,13,15);1H. The van der Waals surface area contributed by atoms with Gasteiger partial charge in [-0.2, -0.15) is 0 Å².